The van der Waals surface area contributed by atoms with Gasteiger partial charge >= 0.3 is 0 Å². The van der Waals surface area contributed by atoms with Gasteiger partial charge in [0.25, 0.3) is 0 Å². The van der Waals surface area contributed by atoms with Crippen LogP contribution in [0, 0.1) is 5.92 Å². The molecule has 0 saturated heterocycles. The molecule has 0 bridgehead atoms. The quantitative estimate of drug-likeness (QED) is 0.599. The molecule has 0 aromatic carbocycles. The number of hydrogen-bond donors (Lipinski definition) is 1. The molecule has 1 nitrogen and oxygen atoms in total. The Kier molecular flexibility index (Phi) is 5.63. The first-order valence-electron chi connectivity index (χ1n) is 4.26. The van der Waals surface area contributed by atoms with Gasteiger partial charge in [0.1, 0.15) is 0 Å². The molecule has 0 aliphatic heterocycles. The zero-order valence-electron chi connectivity index (χ0n) is 7.80. The summed E-state index contributed by atoms with van der Waals surface area (Å²) < 4.78 is 0. The maximum absolute atomic E-state index is 3.60. The maximum atomic E-state index is 3.60. The fraction of sp³-hybridized carbons (Fsp3) is 0.600. The number of nitrogens with one attached hydrogen (secondary N) is 1. The predicted molar refractivity (Wildman–Crippen MR) is 51.4 cm³/mol. The first-order valence-corrected chi connectivity index (χ1v) is 4.26. The Hall–Kier alpha value is -0.720. The van der Waals surface area contributed by atoms with Gasteiger partial charge in [-0.05, 0) is 25.1 Å². The predicted octanol–water partition coefficient (Wildman–Crippen LogP) is 2.71. The van der Waals surface area contributed by atoms with Crippen molar-refractivity contribution in [3.8, 4) is 0 Å². The highest BCUT2D eigenvalue weighted by atomic mass is 14.9. The summed E-state index contributed by atoms with van der Waals surface area (Å²) in [7, 11) is 0. The molecule has 1 N–H and O–H groups in total. The molecule has 0 spiro atoms. The molecule has 0 aromatic heterocycles. The van der Waals surface area contributed by atoms with Gasteiger partial charge in [-0.2, -0.15) is 0 Å². The van der Waals surface area contributed by atoms with Crippen LogP contribution in [0.15, 0.2) is 24.9 Å². The highest BCUT2D eigenvalue weighted by molar-refractivity contribution is 4.96. The Balaban J connectivity index is 3.58. The Morgan fingerprint density at radius 1 is 1.45 bits per heavy atom. The summed E-state index contributed by atoms with van der Waals surface area (Å²) >= 11 is 0. The molecule has 0 saturated carbocycles. The summed E-state index contributed by atoms with van der Waals surface area (Å²) in [5.41, 5.74) is 0. The van der Waals surface area contributed by atoms with E-state index in [1.807, 2.05) is 12.3 Å². The summed E-state index contributed by atoms with van der Waals surface area (Å²) in [4.78, 5) is 0. The van der Waals surface area contributed by atoms with Crippen LogP contribution in [0.1, 0.15) is 27.2 Å². The van der Waals surface area contributed by atoms with Gasteiger partial charge in [-0.3, -0.25) is 0 Å². The largest absolute Gasteiger partial charge is 0.388 e. The minimum Gasteiger partial charge on any atom is -0.388 e. The fourth-order valence-electron chi connectivity index (χ4n) is 0.793. The molecule has 2 unspecified atom stereocenters. The van der Waals surface area contributed by atoms with Gasteiger partial charge in [0, 0.05) is 6.04 Å². The second-order valence-electron chi connectivity index (χ2n) is 2.94. The van der Waals surface area contributed by atoms with Crippen LogP contribution >= 0.6 is 0 Å². The lowest BCUT2D eigenvalue weighted by Gasteiger charge is -2.17. The van der Waals surface area contributed by atoms with Crippen molar-refractivity contribution >= 4 is 0 Å². The molecule has 0 aromatic rings. The minimum atomic E-state index is 0.552. The molecule has 0 aliphatic carbocycles. The van der Waals surface area contributed by atoms with Crippen LogP contribution in [0.3, 0.4) is 0 Å². The van der Waals surface area contributed by atoms with Crippen LogP contribution in [0.5, 0.6) is 0 Å². The standard InChI is InChI=1S/C10H19N/c1-5-7-8-11-10(4)9(3)6-2/h5,7-11H,1,6H2,2-4H3/b8-7-. The summed E-state index contributed by atoms with van der Waals surface area (Å²) in [5, 5.41) is 3.28. The Morgan fingerprint density at radius 2 is 2.09 bits per heavy atom. The average molecular weight is 153 g/mol. The van der Waals surface area contributed by atoms with Gasteiger partial charge < -0.3 is 5.32 Å². The zero-order valence-corrected chi connectivity index (χ0v) is 7.80. The number of rotatable bonds is 5. The molecule has 2 atom stereocenters. The van der Waals surface area contributed by atoms with E-state index in [0.29, 0.717) is 6.04 Å². The van der Waals surface area contributed by atoms with Crippen molar-refractivity contribution in [1.29, 1.82) is 0 Å². The molecule has 0 amide bonds. The third kappa shape index (κ3) is 4.65. The third-order valence-corrected chi connectivity index (χ3v) is 2.09. The average Bonchev–Trinajstić information content (AvgIpc) is 2.03. The zero-order chi connectivity index (χ0) is 8.69. The summed E-state index contributed by atoms with van der Waals surface area (Å²) in [6, 6.07) is 0.552. The molecule has 0 rings (SSSR count). The van der Waals surface area contributed by atoms with Crippen molar-refractivity contribution in [3.05, 3.63) is 24.9 Å². The lowest BCUT2D eigenvalue weighted by Crippen LogP contribution is -2.27. The molecular weight excluding hydrogens is 134 g/mol. The van der Waals surface area contributed by atoms with E-state index in [2.05, 4.69) is 32.7 Å². The molecule has 64 valence electrons. The fourth-order valence-corrected chi connectivity index (χ4v) is 0.793. The molecule has 0 fully saturated rings. The molecule has 0 heterocycles. The summed E-state index contributed by atoms with van der Waals surface area (Å²) in [5.74, 6) is 0.726. The van der Waals surface area contributed by atoms with Gasteiger partial charge in [-0.1, -0.05) is 32.9 Å². The van der Waals surface area contributed by atoms with Crippen LogP contribution < -0.4 is 5.32 Å². The number of hydrogen-bond acceptors (Lipinski definition) is 1. The third-order valence-electron chi connectivity index (χ3n) is 2.09. The SMILES string of the molecule is C=C/C=C\NC(C)C(C)CC. The van der Waals surface area contributed by atoms with Crippen molar-refractivity contribution in [2.45, 2.75) is 33.2 Å². The lowest BCUT2D eigenvalue weighted by atomic mass is 10.0. The van der Waals surface area contributed by atoms with Crippen molar-refractivity contribution in [3.63, 3.8) is 0 Å². The van der Waals surface area contributed by atoms with Gasteiger partial charge in [-0.15, -0.1) is 0 Å². The normalized spacial score (nSPS) is 16.3. The van der Waals surface area contributed by atoms with E-state index in [-0.39, 0.29) is 0 Å². The van der Waals surface area contributed by atoms with Crippen LogP contribution in [-0.4, -0.2) is 6.04 Å². The molecule has 0 aliphatic rings. The second-order valence-corrected chi connectivity index (χ2v) is 2.94. The van der Waals surface area contributed by atoms with Gasteiger partial charge in [0.2, 0.25) is 0 Å². The first-order chi connectivity index (χ1) is 5.22. The highest BCUT2D eigenvalue weighted by Crippen LogP contribution is 2.05. The maximum Gasteiger partial charge on any atom is 0.0252 e. The van der Waals surface area contributed by atoms with Crippen molar-refractivity contribution in [2.24, 2.45) is 5.92 Å². The molecule has 1 heteroatoms. The van der Waals surface area contributed by atoms with Crippen LogP contribution in [-0.2, 0) is 0 Å². The van der Waals surface area contributed by atoms with Crippen LogP contribution in [0.25, 0.3) is 0 Å². The van der Waals surface area contributed by atoms with E-state index in [4.69, 9.17) is 0 Å². The monoisotopic (exact) mass is 153 g/mol. The van der Waals surface area contributed by atoms with E-state index in [1.165, 1.54) is 6.42 Å². The topological polar surface area (TPSA) is 12.0 Å². The van der Waals surface area contributed by atoms with Crippen LogP contribution in [0.2, 0.25) is 0 Å². The Morgan fingerprint density at radius 3 is 2.55 bits per heavy atom. The van der Waals surface area contributed by atoms with Gasteiger partial charge in [0.15, 0.2) is 0 Å². The van der Waals surface area contributed by atoms with E-state index >= 15 is 0 Å². The first kappa shape index (κ1) is 10.3. The van der Waals surface area contributed by atoms with Crippen molar-refractivity contribution < 1.29 is 0 Å². The summed E-state index contributed by atoms with van der Waals surface area (Å²) in [6.45, 7) is 10.2. The van der Waals surface area contributed by atoms with E-state index < -0.39 is 0 Å². The molecule has 0 radical (unpaired) electrons. The van der Waals surface area contributed by atoms with Crippen molar-refractivity contribution in [2.75, 3.05) is 0 Å². The van der Waals surface area contributed by atoms with Crippen LogP contribution in [0.4, 0.5) is 0 Å². The van der Waals surface area contributed by atoms with E-state index in [1.54, 1.807) is 6.08 Å². The smallest absolute Gasteiger partial charge is 0.0252 e. The highest BCUT2D eigenvalue weighted by Gasteiger charge is 2.06. The van der Waals surface area contributed by atoms with Gasteiger partial charge in [-0.25, -0.2) is 0 Å². The molecule has 11 heavy (non-hydrogen) atoms. The van der Waals surface area contributed by atoms with E-state index in [0.717, 1.165) is 5.92 Å². The Labute approximate surface area is 70.2 Å². The number of allylic oxidation sites excluding steroid dienone is 2. The van der Waals surface area contributed by atoms with E-state index in [9.17, 15) is 0 Å². The minimum absolute atomic E-state index is 0.552. The van der Waals surface area contributed by atoms with Crippen molar-refractivity contribution in [1.82, 2.24) is 5.32 Å². The van der Waals surface area contributed by atoms with Gasteiger partial charge in [0.05, 0.1) is 0 Å². The molecular formula is C10H19N. The Bertz CT molecular complexity index is 127. The lowest BCUT2D eigenvalue weighted by molar-refractivity contribution is 0.427. The summed E-state index contributed by atoms with van der Waals surface area (Å²) in [6.07, 6.45) is 6.86. The second kappa shape index (κ2) is 6.02.